The predicted octanol–water partition coefficient (Wildman–Crippen LogP) is 1.83. The van der Waals surface area contributed by atoms with E-state index in [1.807, 2.05) is 0 Å². The van der Waals surface area contributed by atoms with Gasteiger partial charge in [0.25, 0.3) is 0 Å². The SMILES string of the molecule is C=C1C(=O)O[C@@H]2CC(=O)CCC/C=C(/C(=O)OC)[C@@H](OC(C)=O)[C@@H](OC(=O)C(C)C)[C@@H]12. The fraction of sp³-hybridized carbons (Fsp3) is 0.591. The van der Waals surface area contributed by atoms with Crippen LogP contribution in [0.25, 0.3) is 0 Å². The lowest BCUT2D eigenvalue weighted by atomic mass is 9.83. The molecule has 0 aromatic rings. The molecule has 1 fully saturated rings. The van der Waals surface area contributed by atoms with Crippen LogP contribution in [0.1, 0.15) is 46.5 Å². The summed E-state index contributed by atoms with van der Waals surface area (Å²) in [6, 6.07) is 0. The zero-order chi connectivity index (χ0) is 23.3. The number of carbonyl (C=O) groups is 5. The van der Waals surface area contributed by atoms with Crippen molar-refractivity contribution in [3.8, 4) is 0 Å². The van der Waals surface area contributed by atoms with Gasteiger partial charge in [0.15, 0.2) is 12.2 Å². The molecule has 4 atom stereocenters. The first-order chi connectivity index (χ1) is 14.6. The first-order valence-electron chi connectivity index (χ1n) is 10.1. The van der Waals surface area contributed by atoms with Crippen molar-refractivity contribution in [3.63, 3.8) is 0 Å². The lowest BCUT2D eigenvalue weighted by Crippen LogP contribution is -2.47. The number of ether oxygens (including phenoxy) is 4. The third-order valence-electron chi connectivity index (χ3n) is 5.17. The van der Waals surface area contributed by atoms with E-state index < -0.39 is 54.0 Å². The van der Waals surface area contributed by atoms with Crippen LogP contribution in [-0.2, 0) is 42.9 Å². The summed E-state index contributed by atoms with van der Waals surface area (Å²) < 4.78 is 21.3. The van der Waals surface area contributed by atoms with Crippen molar-refractivity contribution in [1.29, 1.82) is 0 Å². The Bertz CT molecular complexity index is 808. The smallest absolute Gasteiger partial charge is 0.337 e. The van der Waals surface area contributed by atoms with Gasteiger partial charge in [-0.05, 0) is 12.8 Å². The number of allylic oxidation sites excluding steroid dienone is 1. The van der Waals surface area contributed by atoms with Crippen molar-refractivity contribution in [2.24, 2.45) is 11.8 Å². The monoisotopic (exact) mass is 436 g/mol. The Morgan fingerprint density at radius 2 is 1.87 bits per heavy atom. The molecule has 170 valence electrons. The minimum absolute atomic E-state index is 0.0278. The first-order valence-corrected chi connectivity index (χ1v) is 10.1. The van der Waals surface area contributed by atoms with E-state index in [0.29, 0.717) is 12.8 Å². The van der Waals surface area contributed by atoms with E-state index >= 15 is 0 Å². The standard InChI is InChI=1S/C22H28O9/c1-11(2)20(25)31-19-17-12(3)21(26)30-16(17)10-14(24)8-6-7-9-15(22(27)28-5)18(19)29-13(4)23/h9,11,16-19H,3,6-8,10H2,1-2,4-5H3/b15-9+/t16-,17+,18-,19+/m1/s1. The molecule has 1 aliphatic carbocycles. The van der Waals surface area contributed by atoms with Crippen molar-refractivity contribution in [1.82, 2.24) is 0 Å². The second-order valence-corrected chi connectivity index (χ2v) is 7.87. The Morgan fingerprint density at radius 3 is 2.45 bits per heavy atom. The molecule has 0 aromatic heterocycles. The summed E-state index contributed by atoms with van der Waals surface area (Å²) in [6.45, 7) is 8.11. The molecule has 9 nitrogen and oxygen atoms in total. The number of carbonyl (C=O) groups excluding carboxylic acids is 5. The maximum Gasteiger partial charge on any atom is 0.337 e. The fourth-order valence-electron chi connectivity index (χ4n) is 3.62. The molecule has 2 rings (SSSR count). The second-order valence-electron chi connectivity index (χ2n) is 7.87. The van der Waals surface area contributed by atoms with E-state index in [1.54, 1.807) is 13.8 Å². The van der Waals surface area contributed by atoms with Crippen molar-refractivity contribution in [3.05, 3.63) is 23.8 Å². The summed E-state index contributed by atoms with van der Waals surface area (Å²) >= 11 is 0. The van der Waals surface area contributed by atoms with Gasteiger partial charge in [-0.2, -0.15) is 0 Å². The number of hydrogen-bond acceptors (Lipinski definition) is 9. The molecule has 0 unspecified atom stereocenters. The first kappa shape index (κ1) is 24.3. The fourth-order valence-corrected chi connectivity index (χ4v) is 3.62. The second kappa shape index (κ2) is 10.4. The summed E-state index contributed by atoms with van der Waals surface area (Å²) in [5.74, 6) is -4.58. The Labute approximate surface area is 180 Å². The number of methoxy groups -OCH3 is 1. The van der Waals surface area contributed by atoms with E-state index in [1.165, 1.54) is 13.2 Å². The van der Waals surface area contributed by atoms with Gasteiger partial charge < -0.3 is 18.9 Å². The van der Waals surface area contributed by atoms with Gasteiger partial charge in [-0.3, -0.25) is 14.4 Å². The molecule has 0 amide bonds. The average molecular weight is 436 g/mol. The molecular weight excluding hydrogens is 408 g/mol. The lowest BCUT2D eigenvalue weighted by molar-refractivity contribution is -0.173. The third-order valence-corrected chi connectivity index (χ3v) is 5.17. The Hall–Kier alpha value is -2.97. The largest absolute Gasteiger partial charge is 0.466 e. The summed E-state index contributed by atoms with van der Waals surface area (Å²) in [5, 5.41) is 0. The number of hydrogen-bond donors (Lipinski definition) is 0. The van der Waals surface area contributed by atoms with Gasteiger partial charge in [-0.1, -0.05) is 26.5 Å². The van der Waals surface area contributed by atoms with Gasteiger partial charge in [-0.15, -0.1) is 0 Å². The molecule has 2 aliphatic rings. The lowest BCUT2D eigenvalue weighted by Gasteiger charge is -2.33. The summed E-state index contributed by atoms with van der Waals surface area (Å²) in [7, 11) is 1.17. The molecule has 0 aromatic carbocycles. The van der Waals surface area contributed by atoms with Crippen LogP contribution < -0.4 is 0 Å². The van der Waals surface area contributed by atoms with E-state index in [0.717, 1.165) is 6.92 Å². The third kappa shape index (κ3) is 5.80. The van der Waals surface area contributed by atoms with Crippen LogP contribution in [0.3, 0.4) is 0 Å². The van der Waals surface area contributed by atoms with E-state index in [2.05, 4.69) is 6.58 Å². The van der Waals surface area contributed by atoms with Crippen molar-refractivity contribution < 1.29 is 42.9 Å². The average Bonchev–Trinajstić information content (AvgIpc) is 2.95. The minimum atomic E-state index is -1.38. The normalized spacial score (nSPS) is 28.5. The molecular formula is C22H28O9. The van der Waals surface area contributed by atoms with Gasteiger partial charge in [0, 0.05) is 25.3 Å². The van der Waals surface area contributed by atoms with Crippen LogP contribution in [0.15, 0.2) is 23.8 Å². The summed E-state index contributed by atoms with van der Waals surface area (Å²) in [5.41, 5.74) is -0.0699. The van der Waals surface area contributed by atoms with Crippen LogP contribution in [0.4, 0.5) is 0 Å². The van der Waals surface area contributed by atoms with Gasteiger partial charge >= 0.3 is 23.9 Å². The van der Waals surface area contributed by atoms with E-state index in [-0.39, 0.29) is 29.8 Å². The number of fused-ring (bicyclic) bond motifs is 1. The maximum absolute atomic E-state index is 12.6. The zero-order valence-corrected chi connectivity index (χ0v) is 18.2. The minimum Gasteiger partial charge on any atom is -0.466 e. The maximum atomic E-state index is 12.6. The number of rotatable bonds is 4. The van der Waals surface area contributed by atoms with Gasteiger partial charge in [-0.25, -0.2) is 9.59 Å². The van der Waals surface area contributed by atoms with Crippen LogP contribution in [0.2, 0.25) is 0 Å². The quantitative estimate of drug-likeness (QED) is 0.369. The van der Waals surface area contributed by atoms with Gasteiger partial charge in [0.2, 0.25) is 0 Å². The van der Waals surface area contributed by atoms with E-state index in [4.69, 9.17) is 18.9 Å². The highest BCUT2D eigenvalue weighted by atomic mass is 16.6. The zero-order valence-electron chi connectivity index (χ0n) is 18.2. The van der Waals surface area contributed by atoms with Crippen LogP contribution in [0.5, 0.6) is 0 Å². The Balaban J connectivity index is 2.67. The molecule has 0 radical (unpaired) electrons. The molecule has 9 heteroatoms. The molecule has 0 spiro atoms. The van der Waals surface area contributed by atoms with Crippen molar-refractivity contribution in [2.75, 3.05) is 7.11 Å². The highest BCUT2D eigenvalue weighted by molar-refractivity contribution is 5.93. The molecule has 31 heavy (non-hydrogen) atoms. The molecule has 1 aliphatic heterocycles. The number of Topliss-reactive ketones (excluding diaryl/α,β-unsaturated/α-hetero) is 1. The molecule has 1 heterocycles. The number of esters is 4. The Morgan fingerprint density at radius 1 is 1.19 bits per heavy atom. The Kier molecular flexibility index (Phi) is 8.13. The number of ketones is 1. The summed E-state index contributed by atoms with van der Waals surface area (Å²) in [6.07, 6.45) is -1.31. The molecule has 0 N–H and O–H groups in total. The van der Waals surface area contributed by atoms with Crippen LogP contribution in [-0.4, -0.2) is 55.1 Å². The van der Waals surface area contributed by atoms with Crippen molar-refractivity contribution >= 4 is 29.7 Å². The topological polar surface area (TPSA) is 122 Å². The van der Waals surface area contributed by atoms with E-state index in [9.17, 15) is 24.0 Å². The van der Waals surface area contributed by atoms with Gasteiger partial charge in [0.05, 0.1) is 24.5 Å². The predicted molar refractivity (Wildman–Crippen MR) is 106 cm³/mol. The van der Waals surface area contributed by atoms with Crippen LogP contribution in [0, 0.1) is 11.8 Å². The van der Waals surface area contributed by atoms with Crippen molar-refractivity contribution in [2.45, 2.75) is 64.8 Å². The summed E-state index contributed by atoms with van der Waals surface area (Å²) in [4.78, 5) is 61.7. The molecule has 1 saturated heterocycles. The molecule has 0 bridgehead atoms. The highest BCUT2D eigenvalue weighted by Crippen LogP contribution is 2.38. The highest BCUT2D eigenvalue weighted by Gasteiger charge is 2.51. The van der Waals surface area contributed by atoms with Gasteiger partial charge in [0.1, 0.15) is 11.9 Å². The van der Waals surface area contributed by atoms with Crippen LogP contribution >= 0.6 is 0 Å². The molecule has 0 saturated carbocycles.